The monoisotopic (exact) mass is 359 g/mol. The number of nitrogens with zero attached hydrogens (tertiary/aromatic N) is 1. The molecule has 0 saturated carbocycles. The number of rotatable bonds is 5. The number of benzene rings is 1. The number of halogens is 1. The second-order valence-electron chi connectivity index (χ2n) is 3.79. The minimum atomic E-state index is 0.689. The Morgan fingerprint density at radius 1 is 1.29 bits per heavy atom. The van der Waals surface area contributed by atoms with Gasteiger partial charge in [0, 0.05) is 14.9 Å². The molecule has 0 saturated heterocycles. The maximum absolute atomic E-state index is 5.66. The van der Waals surface area contributed by atoms with Crippen LogP contribution in [0.15, 0.2) is 29.8 Å². The summed E-state index contributed by atoms with van der Waals surface area (Å²) in [6.07, 6.45) is 0.959. The van der Waals surface area contributed by atoms with E-state index < -0.39 is 0 Å². The molecule has 0 spiro atoms. The van der Waals surface area contributed by atoms with Crippen LogP contribution in [0.3, 0.4) is 0 Å². The second-order valence-corrected chi connectivity index (χ2v) is 5.97. The van der Waals surface area contributed by atoms with E-state index in [9.17, 15) is 0 Å². The highest BCUT2D eigenvalue weighted by Gasteiger charge is 2.01. The van der Waals surface area contributed by atoms with Crippen LogP contribution in [0, 0.1) is 10.5 Å². The predicted molar refractivity (Wildman–Crippen MR) is 79.4 cm³/mol. The van der Waals surface area contributed by atoms with Crippen LogP contribution in [-0.2, 0) is 17.8 Å². The summed E-state index contributed by atoms with van der Waals surface area (Å²) in [5, 5.41) is 0. The van der Waals surface area contributed by atoms with Crippen LogP contribution in [0.1, 0.15) is 16.1 Å². The molecule has 0 amide bonds. The molecule has 2 aromatic rings. The molecular formula is C13H14INOS. The standard InChI is InChI=1S/C13H14INOS/c1-10-13(17-9-15-10)6-7-16-8-11-2-4-12(14)5-3-11/h2-5,9H,6-8H2,1H3. The fourth-order valence-electron chi connectivity index (χ4n) is 1.50. The van der Waals surface area contributed by atoms with E-state index in [1.165, 1.54) is 14.0 Å². The Kier molecular flexibility index (Phi) is 4.94. The van der Waals surface area contributed by atoms with Crippen molar-refractivity contribution in [3.63, 3.8) is 0 Å². The van der Waals surface area contributed by atoms with E-state index in [0.717, 1.165) is 18.7 Å². The topological polar surface area (TPSA) is 22.1 Å². The van der Waals surface area contributed by atoms with Gasteiger partial charge in [-0.15, -0.1) is 11.3 Å². The molecule has 1 heterocycles. The van der Waals surface area contributed by atoms with Crippen LogP contribution in [0.5, 0.6) is 0 Å². The molecule has 2 rings (SSSR count). The van der Waals surface area contributed by atoms with Crippen molar-refractivity contribution >= 4 is 33.9 Å². The largest absolute Gasteiger partial charge is 0.376 e. The van der Waals surface area contributed by atoms with E-state index in [-0.39, 0.29) is 0 Å². The maximum Gasteiger partial charge on any atom is 0.0797 e. The van der Waals surface area contributed by atoms with Gasteiger partial charge < -0.3 is 4.74 Å². The Balaban J connectivity index is 1.73. The summed E-state index contributed by atoms with van der Waals surface area (Å²) in [5.74, 6) is 0. The van der Waals surface area contributed by atoms with Gasteiger partial charge in [-0.05, 0) is 47.2 Å². The molecule has 0 N–H and O–H groups in total. The summed E-state index contributed by atoms with van der Waals surface area (Å²) in [6, 6.07) is 8.43. The Labute approximate surface area is 119 Å². The van der Waals surface area contributed by atoms with Crippen molar-refractivity contribution in [2.24, 2.45) is 0 Å². The van der Waals surface area contributed by atoms with Gasteiger partial charge in [0.05, 0.1) is 24.4 Å². The lowest BCUT2D eigenvalue weighted by atomic mass is 10.2. The Morgan fingerprint density at radius 3 is 2.71 bits per heavy atom. The predicted octanol–water partition coefficient (Wildman–Crippen LogP) is 3.82. The van der Waals surface area contributed by atoms with Gasteiger partial charge in [-0.1, -0.05) is 12.1 Å². The number of ether oxygens (including phenoxy) is 1. The van der Waals surface area contributed by atoms with Crippen molar-refractivity contribution in [2.75, 3.05) is 6.61 Å². The van der Waals surface area contributed by atoms with Gasteiger partial charge in [-0.3, -0.25) is 0 Å². The number of hydrogen-bond donors (Lipinski definition) is 0. The lowest BCUT2D eigenvalue weighted by Gasteiger charge is -2.04. The molecule has 90 valence electrons. The van der Waals surface area contributed by atoms with Crippen LogP contribution in [0.4, 0.5) is 0 Å². The van der Waals surface area contributed by atoms with Crippen molar-refractivity contribution in [2.45, 2.75) is 20.0 Å². The van der Waals surface area contributed by atoms with Crippen molar-refractivity contribution in [3.05, 3.63) is 49.5 Å². The third kappa shape index (κ3) is 4.04. The van der Waals surface area contributed by atoms with Crippen LogP contribution < -0.4 is 0 Å². The van der Waals surface area contributed by atoms with Gasteiger partial charge >= 0.3 is 0 Å². The second kappa shape index (κ2) is 6.47. The van der Waals surface area contributed by atoms with Crippen molar-refractivity contribution < 1.29 is 4.74 Å². The van der Waals surface area contributed by atoms with Crippen molar-refractivity contribution in [3.8, 4) is 0 Å². The van der Waals surface area contributed by atoms with Crippen LogP contribution in [-0.4, -0.2) is 11.6 Å². The molecule has 0 aliphatic heterocycles. The van der Waals surface area contributed by atoms with Crippen LogP contribution >= 0.6 is 33.9 Å². The van der Waals surface area contributed by atoms with Gasteiger partial charge in [0.2, 0.25) is 0 Å². The molecule has 0 radical (unpaired) electrons. The van der Waals surface area contributed by atoms with Gasteiger partial charge in [0.1, 0.15) is 0 Å². The molecule has 0 fully saturated rings. The lowest BCUT2D eigenvalue weighted by Crippen LogP contribution is -1.99. The number of thiazole rings is 1. The zero-order valence-electron chi connectivity index (χ0n) is 9.65. The molecule has 0 unspecified atom stereocenters. The minimum Gasteiger partial charge on any atom is -0.376 e. The van der Waals surface area contributed by atoms with Crippen LogP contribution in [0.2, 0.25) is 0 Å². The average molecular weight is 359 g/mol. The van der Waals surface area contributed by atoms with Crippen molar-refractivity contribution in [1.29, 1.82) is 0 Å². The van der Waals surface area contributed by atoms with E-state index in [4.69, 9.17) is 4.74 Å². The molecule has 1 aromatic carbocycles. The van der Waals surface area contributed by atoms with Crippen molar-refractivity contribution in [1.82, 2.24) is 4.98 Å². The number of aromatic nitrogens is 1. The highest BCUT2D eigenvalue weighted by molar-refractivity contribution is 14.1. The zero-order valence-corrected chi connectivity index (χ0v) is 12.6. The Bertz CT molecular complexity index is 467. The minimum absolute atomic E-state index is 0.689. The molecular weight excluding hydrogens is 345 g/mol. The first kappa shape index (κ1) is 13.0. The molecule has 0 aliphatic carbocycles. The smallest absolute Gasteiger partial charge is 0.0797 e. The van der Waals surface area contributed by atoms with Gasteiger partial charge in [0.25, 0.3) is 0 Å². The number of aryl methyl sites for hydroxylation is 1. The first-order valence-electron chi connectivity index (χ1n) is 5.47. The van der Waals surface area contributed by atoms with Gasteiger partial charge in [-0.2, -0.15) is 0 Å². The molecule has 0 atom stereocenters. The summed E-state index contributed by atoms with van der Waals surface area (Å²) >= 11 is 4.01. The van der Waals surface area contributed by atoms with Gasteiger partial charge in [-0.25, -0.2) is 4.98 Å². The summed E-state index contributed by atoms with van der Waals surface area (Å²) in [5.41, 5.74) is 4.25. The maximum atomic E-state index is 5.66. The summed E-state index contributed by atoms with van der Waals surface area (Å²) in [4.78, 5) is 5.55. The van der Waals surface area contributed by atoms with E-state index in [2.05, 4.69) is 51.8 Å². The van der Waals surface area contributed by atoms with Gasteiger partial charge in [0.15, 0.2) is 0 Å². The quantitative estimate of drug-likeness (QED) is 0.598. The molecule has 0 aliphatic rings. The summed E-state index contributed by atoms with van der Waals surface area (Å²) < 4.78 is 6.92. The Hall–Kier alpha value is -0.460. The first-order chi connectivity index (χ1) is 8.25. The fourth-order valence-corrected chi connectivity index (χ4v) is 2.62. The van der Waals surface area contributed by atoms with E-state index in [0.29, 0.717) is 6.61 Å². The SMILES string of the molecule is Cc1ncsc1CCOCc1ccc(I)cc1. The zero-order chi connectivity index (χ0) is 12.1. The third-order valence-corrected chi connectivity index (χ3v) is 4.21. The van der Waals surface area contributed by atoms with Crippen LogP contribution in [0.25, 0.3) is 0 Å². The first-order valence-corrected chi connectivity index (χ1v) is 7.42. The summed E-state index contributed by atoms with van der Waals surface area (Å²) in [7, 11) is 0. The summed E-state index contributed by atoms with van der Waals surface area (Å²) in [6.45, 7) is 3.49. The van der Waals surface area contributed by atoms with E-state index >= 15 is 0 Å². The normalized spacial score (nSPS) is 10.7. The lowest BCUT2D eigenvalue weighted by molar-refractivity contribution is 0.124. The molecule has 4 heteroatoms. The molecule has 2 nitrogen and oxygen atoms in total. The van der Waals surface area contributed by atoms with E-state index in [1.807, 2.05) is 12.4 Å². The molecule has 17 heavy (non-hydrogen) atoms. The number of hydrogen-bond acceptors (Lipinski definition) is 3. The Morgan fingerprint density at radius 2 is 2.06 bits per heavy atom. The molecule has 1 aromatic heterocycles. The van der Waals surface area contributed by atoms with E-state index in [1.54, 1.807) is 11.3 Å². The average Bonchev–Trinajstić information content (AvgIpc) is 2.73. The fraction of sp³-hybridized carbons (Fsp3) is 0.308. The molecule has 0 bridgehead atoms. The highest BCUT2D eigenvalue weighted by Crippen LogP contribution is 2.13. The highest BCUT2D eigenvalue weighted by atomic mass is 127. The third-order valence-electron chi connectivity index (χ3n) is 2.50.